The normalized spacial score (nSPS) is 11.8. The minimum Gasteiger partial charge on any atom is -0.454 e. The SMILES string of the molecule is CCOC(=O)N(C(=O)OC)c1nc(NCc2ccc3c(c2)OCO3)c2cc(Cl)ccc2n1. The average molecular weight is 459 g/mol. The molecule has 0 atom stereocenters. The van der Waals surface area contributed by atoms with Gasteiger partial charge in [0.15, 0.2) is 11.5 Å². The zero-order chi connectivity index (χ0) is 22.7. The topological polar surface area (TPSA) is 112 Å². The third-order valence-electron chi connectivity index (χ3n) is 4.55. The molecule has 11 heteroatoms. The van der Waals surface area contributed by atoms with Gasteiger partial charge in [-0.3, -0.25) is 0 Å². The third-order valence-corrected chi connectivity index (χ3v) is 4.79. The Kier molecular flexibility index (Phi) is 6.13. The molecule has 1 N–H and O–H groups in total. The minimum atomic E-state index is -0.974. The summed E-state index contributed by atoms with van der Waals surface area (Å²) in [4.78, 5) is 34.0. The lowest BCUT2D eigenvalue weighted by Gasteiger charge is -2.18. The average Bonchev–Trinajstić information content (AvgIpc) is 3.26. The second-order valence-corrected chi connectivity index (χ2v) is 7.02. The monoisotopic (exact) mass is 458 g/mol. The number of halogens is 1. The minimum absolute atomic E-state index is 0.0603. The highest BCUT2D eigenvalue weighted by Crippen LogP contribution is 2.33. The predicted octanol–water partition coefficient (Wildman–Crippen LogP) is 4.35. The maximum atomic E-state index is 12.4. The number of rotatable bonds is 5. The highest BCUT2D eigenvalue weighted by atomic mass is 35.5. The van der Waals surface area contributed by atoms with Crippen molar-refractivity contribution in [2.24, 2.45) is 0 Å². The van der Waals surface area contributed by atoms with Crippen molar-refractivity contribution < 1.29 is 28.5 Å². The van der Waals surface area contributed by atoms with E-state index < -0.39 is 12.2 Å². The van der Waals surface area contributed by atoms with Gasteiger partial charge in [-0.1, -0.05) is 17.7 Å². The van der Waals surface area contributed by atoms with Crippen LogP contribution in [0.3, 0.4) is 0 Å². The van der Waals surface area contributed by atoms with Gasteiger partial charge in [-0.05, 0) is 42.8 Å². The zero-order valence-electron chi connectivity index (χ0n) is 17.3. The van der Waals surface area contributed by atoms with Crippen LogP contribution in [0, 0.1) is 0 Å². The zero-order valence-corrected chi connectivity index (χ0v) is 18.0. The van der Waals surface area contributed by atoms with Crippen molar-refractivity contribution in [2.75, 3.05) is 30.7 Å². The second kappa shape index (κ2) is 9.15. The van der Waals surface area contributed by atoms with Crippen molar-refractivity contribution >= 4 is 46.5 Å². The van der Waals surface area contributed by atoms with Gasteiger partial charge in [-0.25, -0.2) is 14.6 Å². The summed E-state index contributed by atoms with van der Waals surface area (Å²) in [5.74, 6) is 1.50. The van der Waals surface area contributed by atoms with E-state index in [2.05, 4.69) is 15.3 Å². The highest BCUT2D eigenvalue weighted by Gasteiger charge is 2.29. The maximum Gasteiger partial charge on any atom is 0.426 e. The molecule has 0 fully saturated rings. The molecule has 0 unspecified atom stereocenters. The van der Waals surface area contributed by atoms with Gasteiger partial charge in [0.25, 0.3) is 0 Å². The maximum absolute atomic E-state index is 12.4. The van der Waals surface area contributed by atoms with Crippen LogP contribution < -0.4 is 19.7 Å². The molecule has 10 nitrogen and oxygen atoms in total. The van der Waals surface area contributed by atoms with Gasteiger partial charge in [0, 0.05) is 17.0 Å². The van der Waals surface area contributed by atoms with Crippen LogP contribution >= 0.6 is 11.6 Å². The van der Waals surface area contributed by atoms with Crippen molar-refractivity contribution in [3.8, 4) is 11.5 Å². The number of hydrogen-bond acceptors (Lipinski definition) is 9. The number of methoxy groups -OCH3 is 1. The Bertz CT molecular complexity index is 1190. The van der Waals surface area contributed by atoms with Gasteiger partial charge in [-0.15, -0.1) is 4.90 Å². The molecule has 3 aromatic rings. The van der Waals surface area contributed by atoms with Gasteiger partial charge in [0.1, 0.15) is 5.82 Å². The van der Waals surface area contributed by atoms with Gasteiger partial charge in [-0.2, -0.15) is 4.98 Å². The molecule has 2 aromatic carbocycles. The Morgan fingerprint density at radius 1 is 1.12 bits per heavy atom. The molecule has 2 amide bonds. The first-order valence-corrected chi connectivity index (χ1v) is 10.0. The van der Waals surface area contributed by atoms with Crippen LogP contribution in [0.2, 0.25) is 5.02 Å². The molecular formula is C21H19ClN4O6. The van der Waals surface area contributed by atoms with Crippen molar-refractivity contribution in [1.29, 1.82) is 0 Å². The van der Waals surface area contributed by atoms with Crippen molar-refractivity contribution in [3.05, 3.63) is 47.0 Å². The molecule has 0 spiro atoms. The fourth-order valence-corrected chi connectivity index (χ4v) is 3.25. The number of imide groups is 1. The summed E-state index contributed by atoms with van der Waals surface area (Å²) >= 11 is 6.17. The number of nitrogens with zero attached hydrogens (tertiary/aromatic N) is 3. The number of benzene rings is 2. The Balaban J connectivity index is 1.72. The van der Waals surface area contributed by atoms with Gasteiger partial charge in [0.05, 0.1) is 19.2 Å². The molecule has 166 valence electrons. The molecule has 0 radical (unpaired) electrons. The summed E-state index contributed by atoms with van der Waals surface area (Å²) in [5, 5.41) is 4.30. The molecule has 0 bridgehead atoms. The molecule has 0 saturated carbocycles. The van der Waals surface area contributed by atoms with E-state index in [1.807, 2.05) is 18.2 Å². The first-order chi connectivity index (χ1) is 15.5. The number of carbonyl (C=O) groups excluding carboxylic acids is 2. The van der Waals surface area contributed by atoms with E-state index in [-0.39, 0.29) is 19.3 Å². The summed E-state index contributed by atoms with van der Waals surface area (Å²) in [6.45, 7) is 2.23. The van der Waals surface area contributed by atoms with Crippen LogP contribution in [-0.4, -0.2) is 42.7 Å². The number of anilines is 2. The Labute approximate surface area is 188 Å². The highest BCUT2D eigenvalue weighted by molar-refractivity contribution is 6.31. The van der Waals surface area contributed by atoms with Crippen LogP contribution in [0.4, 0.5) is 21.4 Å². The van der Waals surface area contributed by atoms with E-state index in [1.165, 1.54) is 0 Å². The largest absolute Gasteiger partial charge is 0.454 e. The first kappa shape index (κ1) is 21.4. The Morgan fingerprint density at radius 2 is 1.94 bits per heavy atom. The third kappa shape index (κ3) is 4.30. The van der Waals surface area contributed by atoms with Gasteiger partial charge in [0.2, 0.25) is 12.7 Å². The molecule has 1 aromatic heterocycles. The Hall–Kier alpha value is -3.79. The lowest BCUT2D eigenvalue weighted by atomic mass is 10.2. The van der Waals surface area contributed by atoms with Crippen LogP contribution in [-0.2, 0) is 16.0 Å². The number of fused-ring (bicyclic) bond motifs is 2. The summed E-state index contributed by atoms with van der Waals surface area (Å²) < 4.78 is 20.4. The summed E-state index contributed by atoms with van der Waals surface area (Å²) in [5.41, 5.74) is 1.37. The summed E-state index contributed by atoms with van der Waals surface area (Å²) in [6.07, 6.45) is -1.92. The second-order valence-electron chi connectivity index (χ2n) is 6.58. The molecule has 4 rings (SSSR count). The van der Waals surface area contributed by atoms with Gasteiger partial charge >= 0.3 is 12.2 Å². The quantitative estimate of drug-likeness (QED) is 0.596. The number of nitrogens with one attached hydrogen (secondary N) is 1. The van der Waals surface area contributed by atoms with Crippen LogP contribution in [0.15, 0.2) is 36.4 Å². The van der Waals surface area contributed by atoms with Crippen LogP contribution in [0.5, 0.6) is 11.5 Å². The molecule has 32 heavy (non-hydrogen) atoms. The number of amides is 2. The number of ether oxygens (including phenoxy) is 4. The molecule has 0 saturated heterocycles. The first-order valence-electron chi connectivity index (χ1n) is 9.64. The van der Waals surface area contributed by atoms with Crippen LogP contribution in [0.25, 0.3) is 10.9 Å². The molecule has 1 aliphatic rings. The van der Waals surface area contributed by atoms with E-state index in [9.17, 15) is 9.59 Å². The van der Waals surface area contributed by atoms with E-state index in [1.54, 1.807) is 25.1 Å². The smallest absolute Gasteiger partial charge is 0.426 e. The standard InChI is InChI=1S/C21H19ClN4O6/c1-3-30-21(28)26(20(27)29-2)19-24-15-6-5-13(22)9-14(15)18(25-19)23-10-12-4-7-16-17(8-12)32-11-31-16/h4-9H,3,10-11H2,1-2H3,(H,23,24,25). The van der Waals surface area contributed by atoms with E-state index in [4.69, 9.17) is 30.5 Å². The summed E-state index contributed by atoms with van der Waals surface area (Å²) in [6, 6.07) is 10.6. The Morgan fingerprint density at radius 3 is 2.72 bits per heavy atom. The van der Waals surface area contributed by atoms with Crippen LogP contribution in [0.1, 0.15) is 12.5 Å². The number of carbonyl (C=O) groups is 2. The van der Waals surface area contributed by atoms with Crippen molar-refractivity contribution in [1.82, 2.24) is 9.97 Å². The van der Waals surface area contributed by atoms with E-state index >= 15 is 0 Å². The lowest BCUT2D eigenvalue weighted by Crippen LogP contribution is -2.38. The van der Waals surface area contributed by atoms with E-state index in [0.29, 0.717) is 44.7 Å². The lowest BCUT2D eigenvalue weighted by molar-refractivity contribution is 0.147. The van der Waals surface area contributed by atoms with E-state index in [0.717, 1.165) is 12.7 Å². The predicted molar refractivity (Wildman–Crippen MR) is 116 cm³/mol. The van der Waals surface area contributed by atoms with Gasteiger partial charge < -0.3 is 24.3 Å². The molecule has 1 aliphatic heterocycles. The number of hydrogen-bond donors (Lipinski definition) is 1. The summed E-state index contributed by atoms with van der Waals surface area (Å²) in [7, 11) is 1.15. The number of aromatic nitrogens is 2. The van der Waals surface area contributed by atoms with Crippen molar-refractivity contribution in [2.45, 2.75) is 13.5 Å². The van der Waals surface area contributed by atoms with Crippen molar-refractivity contribution in [3.63, 3.8) is 0 Å². The fraction of sp³-hybridized carbons (Fsp3) is 0.238. The molecule has 2 heterocycles. The molecule has 0 aliphatic carbocycles. The fourth-order valence-electron chi connectivity index (χ4n) is 3.08. The molecular weight excluding hydrogens is 440 g/mol.